The lowest BCUT2D eigenvalue weighted by Crippen LogP contribution is -2.57. The standard InChI is InChI=1S/C21H30N4O5/c1-2-3-5-16(14-18(26)27)25-12-11-24(20(28)21(25)29)10-4-13-30-17-8-6-15(7-9-17)19(22)23/h6-9,16H,2-5,10-14H2,1H3,(H3,22,23)(H,26,27). The maximum absolute atomic E-state index is 12.5. The Hall–Kier alpha value is -3.10. The molecular weight excluding hydrogens is 388 g/mol. The van der Waals surface area contributed by atoms with Gasteiger partial charge in [0.1, 0.15) is 11.6 Å². The molecule has 1 aromatic carbocycles. The predicted molar refractivity (Wildman–Crippen MR) is 111 cm³/mol. The summed E-state index contributed by atoms with van der Waals surface area (Å²) in [6, 6.07) is 6.41. The number of unbranched alkanes of at least 4 members (excludes halogenated alkanes) is 1. The number of nitrogens with two attached hydrogens (primary N) is 1. The number of aliphatic carboxylic acids is 1. The normalized spacial score (nSPS) is 15.2. The fraction of sp³-hybridized carbons (Fsp3) is 0.524. The molecule has 9 nitrogen and oxygen atoms in total. The molecule has 1 fully saturated rings. The summed E-state index contributed by atoms with van der Waals surface area (Å²) in [6.07, 6.45) is 2.70. The molecule has 1 atom stereocenters. The molecule has 2 amide bonds. The van der Waals surface area contributed by atoms with Gasteiger partial charge in [-0.3, -0.25) is 19.8 Å². The summed E-state index contributed by atoms with van der Waals surface area (Å²) >= 11 is 0. The number of nitrogens with one attached hydrogen (secondary N) is 1. The molecule has 1 saturated heterocycles. The maximum Gasteiger partial charge on any atom is 0.312 e. The third-order valence-corrected chi connectivity index (χ3v) is 5.09. The Bertz CT molecular complexity index is 765. The first kappa shape index (κ1) is 23.2. The van der Waals surface area contributed by atoms with E-state index in [0.29, 0.717) is 50.4 Å². The molecule has 2 rings (SSSR count). The fourth-order valence-corrected chi connectivity index (χ4v) is 3.44. The van der Waals surface area contributed by atoms with Crippen LogP contribution >= 0.6 is 0 Å². The molecule has 0 aromatic heterocycles. The van der Waals surface area contributed by atoms with Crippen LogP contribution in [0.2, 0.25) is 0 Å². The largest absolute Gasteiger partial charge is 0.494 e. The Morgan fingerprint density at radius 2 is 1.90 bits per heavy atom. The average Bonchev–Trinajstić information content (AvgIpc) is 2.71. The summed E-state index contributed by atoms with van der Waals surface area (Å²) in [5.41, 5.74) is 6.03. The van der Waals surface area contributed by atoms with Crippen molar-refractivity contribution in [3.8, 4) is 5.75 Å². The molecule has 9 heteroatoms. The number of hydrogen-bond acceptors (Lipinski definition) is 5. The van der Waals surface area contributed by atoms with Gasteiger partial charge in [-0.2, -0.15) is 0 Å². The zero-order valence-electron chi connectivity index (χ0n) is 17.3. The van der Waals surface area contributed by atoms with Crippen LogP contribution in [0.15, 0.2) is 24.3 Å². The minimum absolute atomic E-state index is 0.0100. The van der Waals surface area contributed by atoms with Gasteiger partial charge >= 0.3 is 17.8 Å². The van der Waals surface area contributed by atoms with Crippen molar-refractivity contribution in [1.82, 2.24) is 9.80 Å². The van der Waals surface area contributed by atoms with Gasteiger partial charge in [0.25, 0.3) is 0 Å². The van der Waals surface area contributed by atoms with E-state index >= 15 is 0 Å². The van der Waals surface area contributed by atoms with Gasteiger partial charge in [0.05, 0.1) is 13.0 Å². The van der Waals surface area contributed by atoms with Crippen molar-refractivity contribution < 1.29 is 24.2 Å². The summed E-state index contributed by atoms with van der Waals surface area (Å²) in [4.78, 5) is 39.1. The topological polar surface area (TPSA) is 137 Å². The van der Waals surface area contributed by atoms with E-state index < -0.39 is 23.8 Å². The average molecular weight is 418 g/mol. The number of rotatable bonds is 12. The highest BCUT2D eigenvalue weighted by molar-refractivity contribution is 6.35. The molecule has 1 aliphatic rings. The van der Waals surface area contributed by atoms with Crippen molar-refractivity contribution in [1.29, 1.82) is 5.41 Å². The van der Waals surface area contributed by atoms with Crippen molar-refractivity contribution in [2.24, 2.45) is 5.73 Å². The second-order valence-corrected chi connectivity index (χ2v) is 7.32. The van der Waals surface area contributed by atoms with E-state index in [1.54, 1.807) is 24.3 Å². The monoisotopic (exact) mass is 418 g/mol. The smallest absolute Gasteiger partial charge is 0.312 e. The first-order chi connectivity index (χ1) is 14.3. The Kier molecular flexibility index (Phi) is 8.64. The molecule has 1 aliphatic heterocycles. The lowest BCUT2D eigenvalue weighted by atomic mass is 10.0. The van der Waals surface area contributed by atoms with Crippen molar-refractivity contribution in [2.45, 2.75) is 45.1 Å². The van der Waals surface area contributed by atoms with Crippen LogP contribution in [0.5, 0.6) is 5.75 Å². The van der Waals surface area contributed by atoms with Gasteiger partial charge in [-0.05, 0) is 37.1 Å². The van der Waals surface area contributed by atoms with Crippen LogP contribution in [0.1, 0.15) is 44.6 Å². The van der Waals surface area contributed by atoms with Gasteiger partial charge in [0, 0.05) is 31.2 Å². The molecule has 0 spiro atoms. The summed E-state index contributed by atoms with van der Waals surface area (Å²) in [6.45, 7) is 3.50. The summed E-state index contributed by atoms with van der Waals surface area (Å²) in [5, 5.41) is 16.5. The Labute approximate surface area is 176 Å². The zero-order chi connectivity index (χ0) is 22.1. The van der Waals surface area contributed by atoms with E-state index in [9.17, 15) is 14.4 Å². The van der Waals surface area contributed by atoms with E-state index in [1.807, 2.05) is 6.92 Å². The van der Waals surface area contributed by atoms with Crippen LogP contribution in [0, 0.1) is 5.41 Å². The van der Waals surface area contributed by atoms with Crippen LogP contribution in [0.4, 0.5) is 0 Å². The Morgan fingerprint density at radius 1 is 1.20 bits per heavy atom. The summed E-state index contributed by atoms with van der Waals surface area (Å²) in [7, 11) is 0. The second kappa shape index (κ2) is 11.2. The Balaban J connectivity index is 1.82. The second-order valence-electron chi connectivity index (χ2n) is 7.32. The first-order valence-electron chi connectivity index (χ1n) is 10.2. The molecule has 0 saturated carbocycles. The number of carbonyl (C=O) groups excluding carboxylic acids is 2. The van der Waals surface area contributed by atoms with Gasteiger partial charge < -0.3 is 25.4 Å². The van der Waals surface area contributed by atoms with Crippen LogP contribution < -0.4 is 10.5 Å². The molecule has 1 aromatic rings. The number of nitrogen functional groups attached to an aromatic ring is 1. The number of benzene rings is 1. The number of amidine groups is 1. The highest BCUT2D eigenvalue weighted by Crippen LogP contribution is 2.18. The third kappa shape index (κ3) is 6.47. The SMILES string of the molecule is CCCCC(CC(=O)O)N1CCN(CCCOc2ccc(C(=N)N)cc2)C(=O)C1=O. The lowest BCUT2D eigenvalue weighted by Gasteiger charge is -2.38. The van der Waals surface area contributed by atoms with Crippen LogP contribution in [0.3, 0.4) is 0 Å². The number of piperazine rings is 1. The minimum atomic E-state index is -0.965. The molecule has 1 heterocycles. The van der Waals surface area contributed by atoms with E-state index in [4.69, 9.17) is 21.0 Å². The predicted octanol–water partition coefficient (Wildman–Crippen LogP) is 1.44. The fourth-order valence-electron chi connectivity index (χ4n) is 3.44. The van der Waals surface area contributed by atoms with Crippen molar-refractivity contribution in [3.63, 3.8) is 0 Å². The van der Waals surface area contributed by atoms with Crippen molar-refractivity contribution >= 4 is 23.6 Å². The number of carboxylic acids is 1. The molecular formula is C21H30N4O5. The molecule has 30 heavy (non-hydrogen) atoms. The summed E-state index contributed by atoms with van der Waals surface area (Å²) in [5.74, 6) is -1.54. The minimum Gasteiger partial charge on any atom is -0.494 e. The molecule has 0 aliphatic carbocycles. The molecule has 1 unspecified atom stereocenters. The van der Waals surface area contributed by atoms with Crippen LogP contribution in [-0.4, -0.2) is 70.8 Å². The van der Waals surface area contributed by atoms with Gasteiger partial charge in [-0.1, -0.05) is 19.8 Å². The Morgan fingerprint density at radius 3 is 2.50 bits per heavy atom. The van der Waals surface area contributed by atoms with Gasteiger partial charge in [0.15, 0.2) is 0 Å². The number of nitrogens with zero attached hydrogens (tertiary/aromatic N) is 2. The molecule has 164 valence electrons. The van der Waals surface area contributed by atoms with Crippen LogP contribution in [-0.2, 0) is 14.4 Å². The number of hydrogen-bond donors (Lipinski definition) is 3. The maximum atomic E-state index is 12.5. The van der Waals surface area contributed by atoms with Crippen LogP contribution in [0.25, 0.3) is 0 Å². The van der Waals surface area contributed by atoms with E-state index in [1.165, 1.54) is 9.80 Å². The number of ether oxygens (including phenoxy) is 1. The zero-order valence-corrected chi connectivity index (χ0v) is 17.3. The molecule has 0 radical (unpaired) electrons. The van der Waals surface area contributed by atoms with E-state index in [0.717, 1.165) is 12.8 Å². The van der Waals surface area contributed by atoms with Gasteiger partial charge in [-0.25, -0.2) is 0 Å². The summed E-state index contributed by atoms with van der Waals surface area (Å²) < 4.78 is 5.63. The first-order valence-corrected chi connectivity index (χ1v) is 10.2. The highest BCUT2D eigenvalue weighted by atomic mass is 16.5. The number of amides is 2. The van der Waals surface area contributed by atoms with E-state index in [-0.39, 0.29) is 12.3 Å². The third-order valence-electron chi connectivity index (χ3n) is 5.09. The van der Waals surface area contributed by atoms with Gasteiger partial charge in [-0.15, -0.1) is 0 Å². The molecule has 0 bridgehead atoms. The quantitative estimate of drug-likeness (QED) is 0.203. The van der Waals surface area contributed by atoms with Gasteiger partial charge in [0.2, 0.25) is 0 Å². The van der Waals surface area contributed by atoms with Crippen molar-refractivity contribution in [2.75, 3.05) is 26.2 Å². The number of carbonyl (C=O) groups is 3. The molecule has 4 N–H and O–H groups in total. The van der Waals surface area contributed by atoms with Crippen molar-refractivity contribution in [3.05, 3.63) is 29.8 Å². The highest BCUT2D eigenvalue weighted by Gasteiger charge is 2.36. The number of carboxylic acid groups (broad SMARTS) is 1. The van der Waals surface area contributed by atoms with E-state index in [2.05, 4.69) is 0 Å². The lowest BCUT2D eigenvalue weighted by molar-refractivity contribution is -0.159.